The molecule has 4 heteroatoms. The van der Waals surface area contributed by atoms with Crippen LogP contribution in [-0.4, -0.2) is 49.1 Å². The summed E-state index contributed by atoms with van der Waals surface area (Å²) in [5, 5.41) is 6.45. The summed E-state index contributed by atoms with van der Waals surface area (Å²) in [5.41, 5.74) is 0. The normalized spacial score (nSPS) is 22.5. The first-order valence-electron chi connectivity index (χ1n) is 7.96. The van der Waals surface area contributed by atoms with Gasteiger partial charge in [-0.2, -0.15) is 0 Å². The molecule has 2 rings (SSSR count). The van der Waals surface area contributed by atoms with Crippen molar-refractivity contribution in [3.8, 4) is 0 Å². The average molecular weight is 267 g/mol. The average Bonchev–Trinajstić information content (AvgIpc) is 3.27. The van der Waals surface area contributed by atoms with E-state index in [9.17, 15) is 4.79 Å². The maximum Gasteiger partial charge on any atom is 0.237 e. The topological polar surface area (TPSA) is 44.4 Å². The van der Waals surface area contributed by atoms with Crippen LogP contribution in [0.5, 0.6) is 0 Å². The number of nitrogens with one attached hydrogen (secondary N) is 2. The predicted molar refractivity (Wildman–Crippen MR) is 78.1 cm³/mol. The van der Waals surface area contributed by atoms with Crippen molar-refractivity contribution >= 4 is 5.91 Å². The number of rotatable bonds is 7. The Labute approximate surface area is 117 Å². The molecule has 0 aromatic carbocycles. The van der Waals surface area contributed by atoms with E-state index in [0.717, 1.165) is 38.5 Å². The SMILES string of the molecule is CCCNC(=O)C(C)N(CC1CCNCC1)C1CC1. The monoisotopic (exact) mass is 267 g/mol. The van der Waals surface area contributed by atoms with Crippen molar-refractivity contribution in [2.45, 2.75) is 58.0 Å². The van der Waals surface area contributed by atoms with Crippen LogP contribution < -0.4 is 10.6 Å². The van der Waals surface area contributed by atoms with Crippen molar-refractivity contribution in [1.29, 1.82) is 0 Å². The molecule has 19 heavy (non-hydrogen) atoms. The third kappa shape index (κ3) is 4.46. The lowest BCUT2D eigenvalue weighted by molar-refractivity contribution is -0.126. The first-order chi connectivity index (χ1) is 9.22. The third-order valence-corrected chi connectivity index (χ3v) is 4.37. The molecule has 2 N–H and O–H groups in total. The molecule has 2 fully saturated rings. The molecule has 1 saturated heterocycles. The van der Waals surface area contributed by atoms with Crippen LogP contribution in [0, 0.1) is 5.92 Å². The number of hydrogen-bond acceptors (Lipinski definition) is 3. The van der Waals surface area contributed by atoms with E-state index in [2.05, 4.69) is 29.4 Å². The maximum absolute atomic E-state index is 12.2. The Balaban J connectivity index is 1.85. The largest absolute Gasteiger partial charge is 0.355 e. The van der Waals surface area contributed by atoms with Crippen LogP contribution in [0.3, 0.4) is 0 Å². The van der Waals surface area contributed by atoms with Crippen molar-refractivity contribution in [2.75, 3.05) is 26.2 Å². The molecule has 110 valence electrons. The van der Waals surface area contributed by atoms with E-state index in [1.807, 2.05) is 0 Å². The van der Waals surface area contributed by atoms with Crippen LogP contribution in [0.25, 0.3) is 0 Å². The molecule has 0 aromatic heterocycles. The van der Waals surface area contributed by atoms with Gasteiger partial charge in [0.2, 0.25) is 5.91 Å². The summed E-state index contributed by atoms with van der Waals surface area (Å²) in [4.78, 5) is 14.6. The number of nitrogens with zero attached hydrogens (tertiary/aromatic N) is 1. The maximum atomic E-state index is 12.2. The van der Waals surface area contributed by atoms with Crippen molar-refractivity contribution < 1.29 is 4.79 Å². The molecule has 0 radical (unpaired) electrons. The lowest BCUT2D eigenvalue weighted by atomic mass is 9.96. The number of hydrogen-bond donors (Lipinski definition) is 2. The quantitative estimate of drug-likeness (QED) is 0.732. The number of amides is 1. The summed E-state index contributed by atoms with van der Waals surface area (Å²) in [6, 6.07) is 0.700. The van der Waals surface area contributed by atoms with Gasteiger partial charge in [0, 0.05) is 19.1 Å². The summed E-state index contributed by atoms with van der Waals surface area (Å²) in [6.45, 7) is 8.35. The molecule has 1 atom stereocenters. The minimum absolute atomic E-state index is 0.0361. The van der Waals surface area contributed by atoms with Gasteiger partial charge in [-0.05, 0) is 58.0 Å². The second-order valence-electron chi connectivity index (χ2n) is 6.09. The smallest absolute Gasteiger partial charge is 0.237 e. The van der Waals surface area contributed by atoms with Crippen LogP contribution in [0.1, 0.15) is 46.0 Å². The van der Waals surface area contributed by atoms with Crippen LogP contribution in [0.2, 0.25) is 0 Å². The summed E-state index contributed by atoms with van der Waals surface area (Å²) >= 11 is 0. The van der Waals surface area contributed by atoms with Crippen LogP contribution in [0.15, 0.2) is 0 Å². The van der Waals surface area contributed by atoms with Crippen LogP contribution in [0.4, 0.5) is 0 Å². The van der Waals surface area contributed by atoms with Crippen LogP contribution in [-0.2, 0) is 4.79 Å². The van der Waals surface area contributed by atoms with E-state index in [4.69, 9.17) is 0 Å². The van der Waals surface area contributed by atoms with Crippen molar-refractivity contribution in [1.82, 2.24) is 15.5 Å². The van der Waals surface area contributed by atoms with Gasteiger partial charge in [0.05, 0.1) is 6.04 Å². The molecule has 1 heterocycles. The molecule has 0 aromatic rings. The van der Waals surface area contributed by atoms with Gasteiger partial charge < -0.3 is 10.6 Å². The molecule has 1 aliphatic heterocycles. The van der Waals surface area contributed by atoms with Gasteiger partial charge in [-0.25, -0.2) is 0 Å². The van der Waals surface area contributed by atoms with E-state index in [1.54, 1.807) is 0 Å². The van der Waals surface area contributed by atoms with Gasteiger partial charge in [0.25, 0.3) is 0 Å². The van der Waals surface area contributed by atoms with E-state index < -0.39 is 0 Å². The molecular formula is C15H29N3O. The van der Waals surface area contributed by atoms with Crippen molar-refractivity contribution in [3.05, 3.63) is 0 Å². The van der Waals surface area contributed by atoms with Gasteiger partial charge >= 0.3 is 0 Å². The van der Waals surface area contributed by atoms with Gasteiger partial charge in [0.15, 0.2) is 0 Å². The molecular weight excluding hydrogens is 238 g/mol. The molecule has 1 aliphatic carbocycles. The Morgan fingerprint density at radius 3 is 2.58 bits per heavy atom. The minimum Gasteiger partial charge on any atom is -0.355 e. The summed E-state index contributed by atoms with van der Waals surface area (Å²) in [6.07, 6.45) is 6.07. The zero-order chi connectivity index (χ0) is 13.7. The zero-order valence-electron chi connectivity index (χ0n) is 12.5. The van der Waals surface area contributed by atoms with Crippen molar-refractivity contribution in [2.24, 2.45) is 5.92 Å². The zero-order valence-corrected chi connectivity index (χ0v) is 12.5. The molecule has 2 aliphatic rings. The van der Waals surface area contributed by atoms with Gasteiger partial charge in [-0.15, -0.1) is 0 Å². The first-order valence-corrected chi connectivity index (χ1v) is 7.96. The fraction of sp³-hybridized carbons (Fsp3) is 0.933. The van der Waals surface area contributed by atoms with E-state index in [-0.39, 0.29) is 11.9 Å². The summed E-state index contributed by atoms with van der Waals surface area (Å²) in [7, 11) is 0. The van der Waals surface area contributed by atoms with Crippen molar-refractivity contribution in [3.63, 3.8) is 0 Å². The fourth-order valence-corrected chi connectivity index (χ4v) is 2.94. The number of carbonyl (C=O) groups excluding carboxylic acids is 1. The van der Waals surface area contributed by atoms with E-state index in [1.165, 1.54) is 25.7 Å². The third-order valence-electron chi connectivity index (χ3n) is 4.37. The van der Waals surface area contributed by atoms with Gasteiger partial charge in [-0.3, -0.25) is 9.69 Å². The van der Waals surface area contributed by atoms with Gasteiger partial charge in [-0.1, -0.05) is 6.92 Å². The Morgan fingerprint density at radius 2 is 2.00 bits per heavy atom. The molecule has 0 spiro atoms. The molecule has 1 saturated carbocycles. The summed E-state index contributed by atoms with van der Waals surface area (Å²) in [5.74, 6) is 0.978. The molecule has 0 bridgehead atoms. The lowest BCUT2D eigenvalue weighted by Crippen LogP contribution is -2.49. The fourth-order valence-electron chi connectivity index (χ4n) is 2.94. The lowest BCUT2D eigenvalue weighted by Gasteiger charge is -2.33. The van der Waals surface area contributed by atoms with Crippen LogP contribution >= 0.6 is 0 Å². The highest BCUT2D eigenvalue weighted by Gasteiger charge is 2.36. The van der Waals surface area contributed by atoms with Gasteiger partial charge in [0.1, 0.15) is 0 Å². The number of carbonyl (C=O) groups is 1. The standard InChI is InChI=1S/C15H29N3O/c1-3-8-17-15(19)12(2)18(14-4-5-14)11-13-6-9-16-10-7-13/h12-14,16H,3-11H2,1-2H3,(H,17,19). The highest BCUT2D eigenvalue weighted by Crippen LogP contribution is 2.30. The Hall–Kier alpha value is -0.610. The summed E-state index contributed by atoms with van der Waals surface area (Å²) < 4.78 is 0. The Bertz CT molecular complexity index is 285. The minimum atomic E-state index is 0.0361. The second-order valence-corrected chi connectivity index (χ2v) is 6.09. The number of piperidine rings is 1. The highest BCUT2D eigenvalue weighted by molar-refractivity contribution is 5.81. The predicted octanol–water partition coefficient (Wildman–Crippen LogP) is 1.37. The second kappa shape index (κ2) is 7.25. The first kappa shape index (κ1) is 14.8. The molecule has 1 amide bonds. The highest BCUT2D eigenvalue weighted by atomic mass is 16.2. The molecule has 1 unspecified atom stereocenters. The van der Waals surface area contributed by atoms with E-state index in [0.29, 0.717) is 6.04 Å². The van der Waals surface area contributed by atoms with E-state index >= 15 is 0 Å². The Kier molecular flexibility index (Phi) is 5.64. The molecule has 4 nitrogen and oxygen atoms in total. The Morgan fingerprint density at radius 1 is 1.32 bits per heavy atom.